The van der Waals surface area contributed by atoms with Crippen LogP contribution in [-0.4, -0.2) is 67.6 Å². The second kappa shape index (κ2) is 38.2. The van der Waals surface area contributed by atoms with Crippen LogP contribution in [0.25, 0.3) is 0 Å². The minimum Gasteiger partial charge on any atom is -0.481 e. The van der Waals surface area contributed by atoms with E-state index >= 15 is 0 Å². The Bertz CT molecular complexity index is 848. The first-order valence-electron chi connectivity index (χ1n) is 16.7. The average molecular weight is 667 g/mol. The molecule has 0 spiro atoms. The van der Waals surface area contributed by atoms with Crippen molar-refractivity contribution in [3.8, 4) is 0 Å². The van der Waals surface area contributed by atoms with Gasteiger partial charge < -0.3 is 20.4 Å². The van der Waals surface area contributed by atoms with Gasteiger partial charge in [-0.3, -0.25) is 9.59 Å². The molecule has 0 saturated carbocycles. The molecule has 8 heteroatoms. The lowest BCUT2D eigenvalue weighted by Crippen LogP contribution is -2.00. The maximum atomic E-state index is 10.3. The standard InChI is InChI=1S/C19H32O3S.C18H30O3S/c1-2-3-8-13-18(20)14-9-7-12-17-23-16-11-6-4-5-10-15-19(21)22;1-2-3-7-12-17(19)13-8-6-11-16-22-15-10-5-4-9-14-18(20)21/h4,6-7,9,12,14,18,20H,2-3,5,8,10-11,13,15-17H2,1H3,(H,21,22);5-6,8,10-11,13,17,19H,2-4,7,9,12,14-16H2,1H3,(H,20,21)/b6-4-,12-7-,14-9+;10-5-,11-6-,13-8+. The summed E-state index contributed by atoms with van der Waals surface area (Å²) >= 11 is 3.68. The lowest BCUT2D eigenvalue weighted by atomic mass is 10.1. The third-order valence-corrected chi connectivity index (χ3v) is 8.10. The molecule has 0 amide bonds. The quantitative estimate of drug-likeness (QED) is 0.0355. The van der Waals surface area contributed by atoms with Crippen LogP contribution in [0.3, 0.4) is 0 Å². The van der Waals surface area contributed by atoms with Crippen molar-refractivity contribution in [3.05, 3.63) is 72.9 Å². The van der Waals surface area contributed by atoms with Crippen LogP contribution in [0.4, 0.5) is 0 Å². The molecule has 2 unspecified atom stereocenters. The second-order valence-electron chi connectivity index (χ2n) is 10.7. The van der Waals surface area contributed by atoms with Gasteiger partial charge in [-0.15, -0.1) is 0 Å². The maximum absolute atomic E-state index is 10.3. The van der Waals surface area contributed by atoms with Gasteiger partial charge in [-0.25, -0.2) is 0 Å². The number of carbonyl (C=O) groups is 2. The van der Waals surface area contributed by atoms with Crippen molar-refractivity contribution in [2.45, 2.75) is 122 Å². The molecule has 0 aliphatic rings. The van der Waals surface area contributed by atoms with Crippen molar-refractivity contribution in [2.75, 3.05) is 23.0 Å². The van der Waals surface area contributed by atoms with Crippen LogP contribution in [0.2, 0.25) is 0 Å². The van der Waals surface area contributed by atoms with Gasteiger partial charge in [0.2, 0.25) is 0 Å². The maximum Gasteiger partial charge on any atom is 0.303 e. The molecule has 0 saturated heterocycles. The highest BCUT2D eigenvalue weighted by atomic mass is 32.2. The summed E-state index contributed by atoms with van der Waals surface area (Å²) in [6.07, 6.45) is 36.7. The van der Waals surface area contributed by atoms with E-state index < -0.39 is 11.9 Å². The molecule has 0 heterocycles. The van der Waals surface area contributed by atoms with Crippen LogP contribution in [0.5, 0.6) is 0 Å². The van der Waals surface area contributed by atoms with Gasteiger partial charge in [0, 0.05) is 30.1 Å². The predicted octanol–water partition coefficient (Wildman–Crippen LogP) is 9.56. The van der Waals surface area contributed by atoms with Crippen LogP contribution in [0, 0.1) is 0 Å². The summed E-state index contributed by atoms with van der Waals surface area (Å²) in [4.78, 5) is 20.6. The van der Waals surface area contributed by atoms with E-state index in [1.165, 1.54) is 25.7 Å². The molecule has 4 N–H and O–H groups in total. The van der Waals surface area contributed by atoms with Crippen molar-refractivity contribution in [2.24, 2.45) is 0 Å². The Morgan fingerprint density at radius 3 is 1.49 bits per heavy atom. The molecule has 0 aromatic carbocycles. The lowest BCUT2D eigenvalue weighted by molar-refractivity contribution is -0.138. The molecule has 0 radical (unpaired) electrons. The molecule has 45 heavy (non-hydrogen) atoms. The van der Waals surface area contributed by atoms with Gasteiger partial charge in [-0.1, -0.05) is 125 Å². The van der Waals surface area contributed by atoms with Crippen LogP contribution >= 0.6 is 23.5 Å². The van der Waals surface area contributed by atoms with Gasteiger partial charge in [0.25, 0.3) is 0 Å². The number of hydrogen-bond donors (Lipinski definition) is 4. The number of allylic oxidation sites excluding steroid dienone is 7. The fourth-order valence-corrected chi connectivity index (χ4v) is 5.10. The molecule has 0 aromatic heterocycles. The molecule has 0 aliphatic carbocycles. The van der Waals surface area contributed by atoms with Crippen molar-refractivity contribution in [1.82, 2.24) is 0 Å². The fourth-order valence-electron chi connectivity index (χ4n) is 3.72. The smallest absolute Gasteiger partial charge is 0.303 e. The number of aliphatic carboxylic acids is 2. The fraction of sp³-hybridized carbons (Fsp3) is 0.622. The number of aliphatic hydroxyl groups excluding tert-OH is 2. The van der Waals surface area contributed by atoms with E-state index in [-0.39, 0.29) is 25.0 Å². The topological polar surface area (TPSA) is 115 Å². The van der Waals surface area contributed by atoms with Gasteiger partial charge in [0.1, 0.15) is 0 Å². The Hall–Kier alpha value is -2.00. The third-order valence-electron chi connectivity index (χ3n) is 6.30. The third kappa shape index (κ3) is 44.2. The number of aliphatic hydroxyl groups is 2. The van der Waals surface area contributed by atoms with E-state index in [4.69, 9.17) is 10.2 Å². The molecular formula is C37H62O6S2. The molecule has 0 rings (SSSR count). The normalized spacial score (nSPS) is 13.5. The number of carboxylic acids is 2. The predicted molar refractivity (Wildman–Crippen MR) is 197 cm³/mol. The van der Waals surface area contributed by atoms with Gasteiger partial charge in [0.05, 0.1) is 12.2 Å². The summed E-state index contributed by atoms with van der Waals surface area (Å²) in [5.74, 6) is 2.49. The molecule has 0 fully saturated rings. The van der Waals surface area contributed by atoms with Gasteiger partial charge >= 0.3 is 11.9 Å². The molecular weight excluding hydrogens is 605 g/mol. The van der Waals surface area contributed by atoms with E-state index in [9.17, 15) is 19.8 Å². The highest BCUT2D eigenvalue weighted by Crippen LogP contribution is 2.07. The Morgan fingerprint density at radius 1 is 0.556 bits per heavy atom. The molecule has 0 aromatic rings. The van der Waals surface area contributed by atoms with Crippen molar-refractivity contribution < 1.29 is 30.0 Å². The van der Waals surface area contributed by atoms with E-state index in [1.807, 2.05) is 54.3 Å². The average Bonchev–Trinajstić information content (AvgIpc) is 3.00. The molecule has 2 atom stereocenters. The van der Waals surface area contributed by atoms with Crippen LogP contribution in [0.1, 0.15) is 110 Å². The number of hydrogen-bond acceptors (Lipinski definition) is 6. The Kier molecular flexibility index (Phi) is 38.3. The van der Waals surface area contributed by atoms with E-state index in [1.54, 1.807) is 11.8 Å². The minimum absolute atomic E-state index is 0.247. The first kappa shape index (κ1) is 45.1. The van der Waals surface area contributed by atoms with Crippen molar-refractivity contribution in [1.29, 1.82) is 0 Å². The Morgan fingerprint density at radius 2 is 1.00 bits per heavy atom. The summed E-state index contributed by atoms with van der Waals surface area (Å²) in [7, 11) is 0. The molecule has 258 valence electrons. The zero-order chi connectivity index (χ0) is 33.6. The second-order valence-corrected chi connectivity index (χ2v) is 12.9. The largest absolute Gasteiger partial charge is 0.481 e. The SMILES string of the molecule is CCCCCC(O)/C=C/C=C\CSC/C=C\CCCC(=O)O.CCCCCC(O)/C=C/C=C\CSCC/C=C\CCCC(=O)O. The summed E-state index contributed by atoms with van der Waals surface area (Å²) in [6.45, 7) is 4.33. The van der Waals surface area contributed by atoms with Crippen LogP contribution < -0.4 is 0 Å². The summed E-state index contributed by atoms with van der Waals surface area (Å²) in [6, 6.07) is 0. The zero-order valence-electron chi connectivity index (χ0n) is 27.9. The van der Waals surface area contributed by atoms with E-state index in [0.717, 1.165) is 74.4 Å². The van der Waals surface area contributed by atoms with E-state index in [2.05, 4.69) is 44.2 Å². The summed E-state index contributed by atoms with van der Waals surface area (Å²) < 4.78 is 0. The number of carboxylic acid groups (broad SMARTS) is 2. The van der Waals surface area contributed by atoms with Crippen molar-refractivity contribution in [3.63, 3.8) is 0 Å². The zero-order valence-corrected chi connectivity index (χ0v) is 29.6. The summed E-state index contributed by atoms with van der Waals surface area (Å²) in [5.41, 5.74) is 0. The molecule has 0 aliphatic heterocycles. The van der Waals surface area contributed by atoms with Gasteiger partial charge in [0.15, 0.2) is 0 Å². The Balaban J connectivity index is 0. The number of thioether (sulfide) groups is 2. The first-order chi connectivity index (χ1) is 21.8. The lowest BCUT2D eigenvalue weighted by Gasteiger charge is -2.03. The Labute approximate surface area is 282 Å². The highest BCUT2D eigenvalue weighted by molar-refractivity contribution is 7.99. The monoisotopic (exact) mass is 666 g/mol. The highest BCUT2D eigenvalue weighted by Gasteiger charge is 1.98. The minimum atomic E-state index is -0.726. The van der Waals surface area contributed by atoms with Crippen LogP contribution in [0.15, 0.2) is 72.9 Å². The summed E-state index contributed by atoms with van der Waals surface area (Å²) in [5, 5.41) is 36.4. The van der Waals surface area contributed by atoms with E-state index in [0.29, 0.717) is 6.42 Å². The van der Waals surface area contributed by atoms with Gasteiger partial charge in [-0.05, 0) is 50.7 Å². The number of rotatable bonds is 29. The first-order valence-corrected chi connectivity index (χ1v) is 19.1. The van der Waals surface area contributed by atoms with Crippen molar-refractivity contribution >= 4 is 35.5 Å². The van der Waals surface area contributed by atoms with Gasteiger partial charge in [-0.2, -0.15) is 23.5 Å². The number of unbranched alkanes of at least 4 members (excludes halogenated alkanes) is 6. The molecule has 0 bridgehead atoms. The molecule has 6 nitrogen and oxygen atoms in total. The van der Waals surface area contributed by atoms with Crippen LogP contribution in [-0.2, 0) is 9.59 Å².